The Morgan fingerprint density at radius 3 is 2.79 bits per heavy atom. The quantitative estimate of drug-likeness (QED) is 0.905. The monoisotopic (exact) mass is 277 g/mol. The van der Waals surface area contributed by atoms with E-state index in [0.717, 1.165) is 5.56 Å². The van der Waals surface area contributed by atoms with Crippen molar-refractivity contribution >= 4 is 11.6 Å². The second-order valence-electron chi connectivity index (χ2n) is 4.13. The van der Waals surface area contributed by atoms with Crippen LogP contribution in [0, 0.1) is 11.3 Å². The van der Waals surface area contributed by atoms with Crippen LogP contribution in [0.25, 0.3) is 0 Å². The van der Waals surface area contributed by atoms with Crippen LogP contribution in [0.3, 0.4) is 0 Å². The number of hydrogen-bond acceptors (Lipinski definition) is 5. The average Bonchev–Trinajstić information content (AvgIpc) is 2.80. The van der Waals surface area contributed by atoms with E-state index in [0.29, 0.717) is 23.2 Å². The Balaban J connectivity index is 1.97. The summed E-state index contributed by atoms with van der Waals surface area (Å²) < 4.78 is 5.02. The van der Waals surface area contributed by atoms with Crippen molar-refractivity contribution in [2.75, 3.05) is 0 Å². The molecular weight excluding hydrogens is 266 g/mol. The molecule has 2 rings (SSSR count). The molecule has 0 aliphatic carbocycles. The number of halogens is 1. The summed E-state index contributed by atoms with van der Waals surface area (Å²) in [5.41, 5.74) is 1.02. The molecule has 0 aliphatic heterocycles. The molecule has 0 saturated carbocycles. The van der Waals surface area contributed by atoms with E-state index in [4.69, 9.17) is 21.4 Å². The molecule has 98 valence electrons. The molecule has 2 aromatic rings. The van der Waals surface area contributed by atoms with E-state index in [-0.39, 0.29) is 12.8 Å². The van der Waals surface area contributed by atoms with E-state index in [9.17, 15) is 5.11 Å². The first kappa shape index (κ1) is 13.5. The third kappa shape index (κ3) is 4.05. The maximum absolute atomic E-state index is 9.47. The lowest BCUT2D eigenvalue weighted by Crippen LogP contribution is -2.09. The lowest BCUT2D eigenvalue weighted by Gasteiger charge is -1.99. The summed E-state index contributed by atoms with van der Waals surface area (Å²) in [6, 6.07) is 9.27. The minimum Gasteiger partial charge on any atom is -0.392 e. The molecule has 0 bridgehead atoms. The van der Waals surface area contributed by atoms with Gasteiger partial charge in [-0.1, -0.05) is 28.9 Å². The minimum absolute atomic E-state index is 0.0505. The van der Waals surface area contributed by atoms with Crippen molar-refractivity contribution in [3.63, 3.8) is 0 Å². The number of aliphatic hydroxyl groups excluding tert-OH is 1. The Morgan fingerprint density at radius 2 is 2.11 bits per heavy atom. The molecule has 0 aliphatic rings. The zero-order valence-corrected chi connectivity index (χ0v) is 10.8. The van der Waals surface area contributed by atoms with Crippen molar-refractivity contribution < 1.29 is 9.63 Å². The third-order valence-corrected chi connectivity index (χ3v) is 2.77. The summed E-state index contributed by atoms with van der Waals surface area (Å²) in [4.78, 5) is 4.17. The van der Waals surface area contributed by atoms with Gasteiger partial charge in [0.25, 0.3) is 0 Å². The Hall–Kier alpha value is -1.90. The zero-order valence-electron chi connectivity index (χ0n) is 10.1. The highest BCUT2D eigenvalue weighted by Gasteiger charge is 2.12. The molecule has 1 atom stereocenters. The molecule has 0 radical (unpaired) electrons. The second-order valence-corrected chi connectivity index (χ2v) is 4.56. The number of aliphatic hydroxyl groups is 1. The van der Waals surface area contributed by atoms with Gasteiger partial charge in [0, 0.05) is 11.4 Å². The largest absolute Gasteiger partial charge is 0.392 e. The molecule has 1 N–H and O–H groups in total. The Labute approximate surface area is 115 Å². The Bertz CT molecular complexity index is 574. The van der Waals surface area contributed by atoms with Gasteiger partial charge in [0.2, 0.25) is 5.89 Å². The highest BCUT2D eigenvalue weighted by Crippen LogP contribution is 2.12. The molecular formula is C13H12ClN3O2. The highest BCUT2D eigenvalue weighted by atomic mass is 35.5. The van der Waals surface area contributed by atoms with Gasteiger partial charge in [0.15, 0.2) is 5.82 Å². The minimum atomic E-state index is -0.770. The molecule has 0 saturated heterocycles. The number of nitrogens with zero attached hydrogens (tertiary/aromatic N) is 3. The first-order chi connectivity index (χ1) is 9.17. The van der Waals surface area contributed by atoms with Crippen LogP contribution < -0.4 is 0 Å². The molecule has 1 aromatic heterocycles. The van der Waals surface area contributed by atoms with Crippen molar-refractivity contribution in [2.24, 2.45) is 0 Å². The topological polar surface area (TPSA) is 82.9 Å². The fourth-order valence-corrected chi connectivity index (χ4v) is 1.73. The van der Waals surface area contributed by atoms with E-state index in [2.05, 4.69) is 10.1 Å². The van der Waals surface area contributed by atoms with E-state index in [1.807, 2.05) is 18.2 Å². The maximum atomic E-state index is 9.47. The number of benzene rings is 1. The SMILES string of the molecule is N#CCC(O)Cc1nc(Cc2ccc(Cl)cc2)no1. The summed E-state index contributed by atoms with van der Waals surface area (Å²) in [5, 5.41) is 22.4. The smallest absolute Gasteiger partial charge is 0.229 e. The van der Waals surface area contributed by atoms with Crippen molar-refractivity contribution in [1.29, 1.82) is 5.26 Å². The highest BCUT2D eigenvalue weighted by molar-refractivity contribution is 6.30. The predicted molar refractivity (Wildman–Crippen MR) is 68.5 cm³/mol. The predicted octanol–water partition coefficient (Wildman–Crippen LogP) is 2.13. The summed E-state index contributed by atoms with van der Waals surface area (Å²) >= 11 is 5.80. The van der Waals surface area contributed by atoms with Crippen LogP contribution in [0.5, 0.6) is 0 Å². The van der Waals surface area contributed by atoms with Crippen LogP contribution in [0.2, 0.25) is 5.02 Å². The molecule has 0 spiro atoms. The summed E-state index contributed by atoms with van der Waals surface area (Å²) in [5.74, 6) is 0.883. The lowest BCUT2D eigenvalue weighted by atomic mass is 10.1. The van der Waals surface area contributed by atoms with Gasteiger partial charge in [-0.05, 0) is 17.7 Å². The molecule has 1 unspecified atom stereocenters. The van der Waals surface area contributed by atoms with Gasteiger partial charge in [-0.2, -0.15) is 10.2 Å². The average molecular weight is 278 g/mol. The molecule has 5 nitrogen and oxygen atoms in total. The van der Waals surface area contributed by atoms with Crippen LogP contribution in [0.4, 0.5) is 0 Å². The standard InChI is InChI=1S/C13H12ClN3O2/c14-10-3-1-9(2-4-10)7-12-16-13(19-17-12)8-11(18)5-6-15/h1-4,11,18H,5,7-8H2. The summed E-state index contributed by atoms with van der Waals surface area (Å²) in [6.45, 7) is 0. The van der Waals surface area contributed by atoms with Gasteiger partial charge in [-0.15, -0.1) is 0 Å². The maximum Gasteiger partial charge on any atom is 0.229 e. The third-order valence-electron chi connectivity index (χ3n) is 2.52. The van der Waals surface area contributed by atoms with E-state index >= 15 is 0 Å². The van der Waals surface area contributed by atoms with Gasteiger partial charge in [0.05, 0.1) is 25.0 Å². The van der Waals surface area contributed by atoms with E-state index in [1.54, 1.807) is 12.1 Å². The lowest BCUT2D eigenvalue weighted by molar-refractivity contribution is 0.167. The van der Waals surface area contributed by atoms with Gasteiger partial charge in [0.1, 0.15) is 0 Å². The van der Waals surface area contributed by atoms with E-state index < -0.39 is 6.10 Å². The molecule has 0 amide bonds. The summed E-state index contributed by atoms with van der Waals surface area (Å²) in [7, 11) is 0. The molecule has 19 heavy (non-hydrogen) atoms. The van der Waals surface area contributed by atoms with Gasteiger partial charge in [-0.25, -0.2) is 0 Å². The molecule has 0 fully saturated rings. The number of aromatic nitrogens is 2. The molecule has 6 heteroatoms. The van der Waals surface area contributed by atoms with Crippen LogP contribution in [0.1, 0.15) is 23.7 Å². The van der Waals surface area contributed by atoms with Crippen molar-refractivity contribution in [1.82, 2.24) is 10.1 Å². The number of hydrogen-bond donors (Lipinski definition) is 1. The van der Waals surface area contributed by atoms with Gasteiger partial charge < -0.3 is 9.63 Å². The van der Waals surface area contributed by atoms with Crippen LogP contribution in [-0.2, 0) is 12.8 Å². The Kier molecular flexibility index (Phi) is 4.50. The van der Waals surface area contributed by atoms with Crippen molar-refractivity contribution in [3.8, 4) is 6.07 Å². The van der Waals surface area contributed by atoms with Crippen LogP contribution >= 0.6 is 11.6 Å². The first-order valence-electron chi connectivity index (χ1n) is 5.78. The fourth-order valence-electron chi connectivity index (χ4n) is 1.61. The summed E-state index contributed by atoms with van der Waals surface area (Å²) in [6.07, 6.45) is 0.0132. The zero-order chi connectivity index (χ0) is 13.7. The first-order valence-corrected chi connectivity index (χ1v) is 6.16. The normalized spacial score (nSPS) is 12.1. The second kappa shape index (κ2) is 6.32. The molecule has 1 heterocycles. The Morgan fingerprint density at radius 1 is 1.37 bits per heavy atom. The van der Waals surface area contributed by atoms with Crippen LogP contribution in [0.15, 0.2) is 28.8 Å². The van der Waals surface area contributed by atoms with Gasteiger partial charge >= 0.3 is 0 Å². The van der Waals surface area contributed by atoms with Crippen molar-refractivity contribution in [2.45, 2.75) is 25.4 Å². The van der Waals surface area contributed by atoms with Crippen molar-refractivity contribution in [3.05, 3.63) is 46.6 Å². The molecule has 1 aromatic carbocycles. The number of rotatable bonds is 5. The van der Waals surface area contributed by atoms with E-state index in [1.165, 1.54) is 0 Å². The number of nitriles is 1. The fraction of sp³-hybridized carbons (Fsp3) is 0.308. The van der Waals surface area contributed by atoms with Gasteiger partial charge in [-0.3, -0.25) is 0 Å². The van der Waals surface area contributed by atoms with Crippen LogP contribution in [-0.4, -0.2) is 21.4 Å².